The molecule has 22 heavy (non-hydrogen) atoms. The first-order valence-corrected chi connectivity index (χ1v) is 7.58. The third-order valence-electron chi connectivity index (χ3n) is 3.37. The number of nitrogens with one attached hydrogen (secondary N) is 1. The molecule has 1 heterocycles. The molecule has 1 aliphatic heterocycles. The molecule has 0 saturated carbocycles. The van der Waals surface area contributed by atoms with Crippen molar-refractivity contribution < 1.29 is 19.1 Å². The number of ether oxygens (including phenoxy) is 2. The minimum Gasteiger partial charge on any atom is -0.447 e. The van der Waals surface area contributed by atoms with Crippen molar-refractivity contribution in [3.8, 4) is 0 Å². The van der Waals surface area contributed by atoms with Gasteiger partial charge in [-0.05, 0) is 31.0 Å². The molecule has 0 atom stereocenters. The summed E-state index contributed by atoms with van der Waals surface area (Å²) in [5.74, 6) is 0.00527. The number of carbonyl (C=O) groups excluding carboxylic acids is 2. The molecule has 6 nitrogen and oxygen atoms in total. The quantitative estimate of drug-likeness (QED) is 0.747. The fourth-order valence-electron chi connectivity index (χ4n) is 2.23. The number of cyclic esters (lactones) is 1. The van der Waals surface area contributed by atoms with Crippen molar-refractivity contribution >= 4 is 17.7 Å². The van der Waals surface area contributed by atoms with E-state index in [0.29, 0.717) is 39.3 Å². The maximum atomic E-state index is 11.7. The summed E-state index contributed by atoms with van der Waals surface area (Å²) in [6.45, 7) is 4.64. The van der Waals surface area contributed by atoms with Gasteiger partial charge in [0.05, 0.1) is 6.54 Å². The molecular formula is C16H22N2O4. The van der Waals surface area contributed by atoms with Gasteiger partial charge in [0.15, 0.2) is 0 Å². The van der Waals surface area contributed by atoms with Crippen LogP contribution in [-0.2, 0) is 20.8 Å². The third kappa shape index (κ3) is 4.73. The van der Waals surface area contributed by atoms with E-state index in [0.717, 1.165) is 17.7 Å². The smallest absolute Gasteiger partial charge is 0.414 e. The number of hydrogen-bond donors (Lipinski definition) is 1. The second-order valence-corrected chi connectivity index (χ2v) is 5.01. The summed E-state index contributed by atoms with van der Waals surface area (Å²) in [6, 6.07) is 7.55. The Balaban J connectivity index is 1.80. The molecule has 1 aromatic carbocycles. The Morgan fingerprint density at radius 3 is 3.05 bits per heavy atom. The van der Waals surface area contributed by atoms with E-state index >= 15 is 0 Å². The van der Waals surface area contributed by atoms with Crippen LogP contribution in [0.4, 0.5) is 10.5 Å². The summed E-state index contributed by atoms with van der Waals surface area (Å²) in [5.41, 5.74) is 1.75. The number of anilines is 1. The normalized spacial score (nSPS) is 14.0. The van der Waals surface area contributed by atoms with Crippen molar-refractivity contribution in [1.29, 1.82) is 0 Å². The van der Waals surface area contributed by atoms with Crippen LogP contribution in [0.5, 0.6) is 0 Å². The van der Waals surface area contributed by atoms with E-state index in [4.69, 9.17) is 9.47 Å². The summed E-state index contributed by atoms with van der Waals surface area (Å²) in [4.78, 5) is 24.9. The molecule has 0 aliphatic carbocycles. The monoisotopic (exact) mass is 306 g/mol. The summed E-state index contributed by atoms with van der Waals surface area (Å²) < 4.78 is 10.1. The number of benzene rings is 1. The average molecular weight is 306 g/mol. The fraction of sp³-hybridized carbons (Fsp3) is 0.500. The summed E-state index contributed by atoms with van der Waals surface area (Å²) in [6.07, 6.45) is 0.856. The standard InChI is InChI=1S/C16H22N2O4/c1-2-21-9-4-7-15(19)17-12-13-5-3-6-14(11-13)18-8-10-22-16(18)20/h3,5-6,11H,2,4,7-10,12H2,1H3,(H,17,19). The molecule has 2 rings (SSSR count). The van der Waals surface area contributed by atoms with Crippen LogP contribution in [0.1, 0.15) is 25.3 Å². The second-order valence-electron chi connectivity index (χ2n) is 5.01. The van der Waals surface area contributed by atoms with Crippen LogP contribution in [0.15, 0.2) is 24.3 Å². The predicted octanol–water partition coefficient (Wildman–Crippen LogP) is 2.08. The third-order valence-corrected chi connectivity index (χ3v) is 3.37. The highest BCUT2D eigenvalue weighted by Crippen LogP contribution is 2.19. The van der Waals surface area contributed by atoms with Crippen LogP contribution >= 0.6 is 0 Å². The lowest BCUT2D eigenvalue weighted by molar-refractivity contribution is -0.121. The van der Waals surface area contributed by atoms with Gasteiger partial charge < -0.3 is 14.8 Å². The van der Waals surface area contributed by atoms with Gasteiger partial charge in [-0.15, -0.1) is 0 Å². The van der Waals surface area contributed by atoms with Crippen molar-refractivity contribution in [2.24, 2.45) is 0 Å². The zero-order chi connectivity index (χ0) is 15.8. The zero-order valence-electron chi connectivity index (χ0n) is 12.8. The molecule has 1 fully saturated rings. The Labute approximate surface area is 130 Å². The number of amides is 2. The highest BCUT2D eigenvalue weighted by Gasteiger charge is 2.23. The van der Waals surface area contributed by atoms with Crippen LogP contribution < -0.4 is 10.2 Å². The summed E-state index contributed by atoms with van der Waals surface area (Å²) in [5, 5.41) is 2.88. The lowest BCUT2D eigenvalue weighted by Gasteiger charge is -2.14. The van der Waals surface area contributed by atoms with Gasteiger partial charge in [-0.3, -0.25) is 9.69 Å². The van der Waals surface area contributed by atoms with Gasteiger partial charge in [-0.25, -0.2) is 4.79 Å². The van der Waals surface area contributed by atoms with E-state index in [-0.39, 0.29) is 12.0 Å². The highest BCUT2D eigenvalue weighted by molar-refractivity contribution is 5.89. The molecule has 120 valence electrons. The largest absolute Gasteiger partial charge is 0.447 e. The Bertz CT molecular complexity index is 519. The van der Waals surface area contributed by atoms with Gasteiger partial charge in [-0.2, -0.15) is 0 Å². The van der Waals surface area contributed by atoms with Gasteiger partial charge in [0.2, 0.25) is 5.91 Å². The number of rotatable bonds is 8. The lowest BCUT2D eigenvalue weighted by Crippen LogP contribution is -2.25. The van der Waals surface area contributed by atoms with Gasteiger partial charge in [0, 0.05) is 31.9 Å². The van der Waals surface area contributed by atoms with Crippen molar-refractivity contribution in [2.75, 3.05) is 31.3 Å². The van der Waals surface area contributed by atoms with E-state index in [1.165, 1.54) is 0 Å². The summed E-state index contributed by atoms with van der Waals surface area (Å²) >= 11 is 0. The predicted molar refractivity (Wildman–Crippen MR) is 82.7 cm³/mol. The van der Waals surface area contributed by atoms with Crippen LogP contribution in [0.3, 0.4) is 0 Å². The molecule has 1 saturated heterocycles. The van der Waals surface area contributed by atoms with E-state index in [2.05, 4.69) is 5.32 Å². The molecule has 1 aromatic rings. The molecule has 0 unspecified atom stereocenters. The Morgan fingerprint density at radius 1 is 1.45 bits per heavy atom. The first-order valence-electron chi connectivity index (χ1n) is 7.58. The van der Waals surface area contributed by atoms with Gasteiger partial charge in [-0.1, -0.05) is 12.1 Å². The minimum absolute atomic E-state index is 0.00527. The van der Waals surface area contributed by atoms with E-state index in [9.17, 15) is 9.59 Å². The Morgan fingerprint density at radius 2 is 2.32 bits per heavy atom. The topological polar surface area (TPSA) is 67.9 Å². The van der Waals surface area contributed by atoms with Crippen molar-refractivity contribution in [3.63, 3.8) is 0 Å². The van der Waals surface area contributed by atoms with Crippen LogP contribution in [0.25, 0.3) is 0 Å². The molecule has 0 bridgehead atoms. The highest BCUT2D eigenvalue weighted by atomic mass is 16.6. The molecule has 0 aromatic heterocycles. The molecular weight excluding hydrogens is 284 g/mol. The van der Waals surface area contributed by atoms with Gasteiger partial charge in [0.25, 0.3) is 0 Å². The van der Waals surface area contributed by atoms with Crippen molar-refractivity contribution in [2.45, 2.75) is 26.3 Å². The van der Waals surface area contributed by atoms with Gasteiger partial charge in [0.1, 0.15) is 6.61 Å². The minimum atomic E-state index is -0.322. The van der Waals surface area contributed by atoms with E-state index in [1.54, 1.807) is 4.90 Å². The van der Waals surface area contributed by atoms with E-state index in [1.807, 2.05) is 31.2 Å². The first-order chi connectivity index (χ1) is 10.7. The molecule has 2 amide bonds. The average Bonchev–Trinajstić information content (AvgIpc) is 2.96. The van der Waals surface area contributed by atoms with Crippen LogP contribution in [0.2, 0.25) is 0 Å². The maximum Gasteiger partial charge on any atom is 0.414 e. The van der Waals surface area contributed by atoms with E-state index < -0.39 is 0 Å². The molecule has 0 radical (unpaired) electrons. The molecule has 1 aliphatic rings. The number of carbonyl (C=O) groups is 2. The lowest BCUT2D eigenvalue weighted by atomic mass is 10.2. The number of hydrogen-bond acceptors (Lipinski definition) is 4. The van der Waals surface area contributed by atoms with Gasteiger partial charge >= 0.3 is 6.09 Å². The SMILES string of the molecule is CCOCCCC(=O)NCc1cccc(N2CCOC2=O)c1. The van der Waals surface area contributed by atoms with Crippen LogP contribution in [-0.4, -0.2) is 38.4 Å². The van der Waals surface area contributed by atoms with Crippen molar-refractivity contribution in [1.82, 2.24) is 5.32 Å². The van der Waals surface area contributed by atoms with Crippen LogP contribution in [0, 0.1) is 0 Å². The van der Waals surface area contributed by atoms with Crippen molar-refractivity contribution in [3.05, 3.63) is 29.8 Å². The first kappa shape index (κ1) is 16.3. The molecule has 1 N–H and O–H groups in total. The second kappa shape index (κ2) is 8.38. The summed E-state index contributed by atoms with van der Waals surface area (Å²) in [7, 11) is 0. The molecule has 0 spiro atoms. The fourth-order valence-corrected chi connectivity index (χ4v) is 2.23. The Hall–Kier alpha value is -2.08. The number of nitrogens with zero attached hydrogens (tertiary/aromatic N) is 1. The molecule has 6 heteroatoms. The maximum absolute atomic E-state index is 11.7. The zero-order valence-corrected chi connectivity index (χ0v) is 12.8. The Kier molecular flexibility index (Phi) is 6.21.